The Balaban J connectivity index is 1.42. The number of benzene rings is 1. The van der Waals surface area contributed by atoms with Gasteiger partial charge < -0.3 is 25.0 Å². The van der Waals surface area contributed by atoms with Gasteiger partial charge in [0.2, 0.25) is 5.91 Å². The van der Waals surface area contributed by atoms with Crippen LogP contribution in [0.1, 0.15) is 0 Å². The van der Waals surface area contributed by atoms with Crippen molar-refractivity contribution < 1.29 is 14.3 Å². The van der Waals surface area contributed by atoms with Crippen LogP contribution in [-0.4, -0.2) is 83.0 Å². The third kappa shape index (κ3) is 5.59. The Hall–Kier alpha value is -1.83. The zero-order chi connectivity index (χ0) is 17.3. The van der Waals surface area contributed by atoms with Gasteiger partial charge in [-0.25, -0.2) is 0 Å². The van der Waals surface area contributed by atoms with Crippen LogP contribution in [0.4, 0.5) is 11.4 Å². The van der Waals surface area contributed by atoms with E-state index in [1.165, 1.54) is 0 Å². The van der Waals surface area contributed by atoms with Gasteiger partial charge in [0, 0.05) is 39.3 Å². The highest BCUT2D eigenvalue weighted by molar-refractivity contribution is 5.82. The van der Waals surface area contributed by atoms with Gasteiger partial charge in [0.25, 0.3) is 0 Å². The monoisotopic (exact) mass is 348 g/mol. The van der Waals surface area contributed by atoms with Crippen molar-refractivity contribution in [2.24, 2.45) is 0 Å². The number of nitrogens with one attached hydrogen (secondary N) is 2. The van der Waals surface area contributed by atoms with Crippen LogP contribution in [0.25, 0.3) is 0 Å². The predicted octanol–water partition coefficient (Wildman–Crippen LogP) is 0.384. The van der Waals surface area contributed by atoms with E-state index < -0.39 is 0 Å². The molecule has 7 nitrogen and oxygen atoms in total. The van der Waals surface area contributed by atoms with Crippen LogP contribution >= 0.6 is 0 Å². The molecule has 1 aromatic rings. The van der Waals surface area contributed by atoms with Crippen LogP contribution in [-0.2, 0) is 14.3 Å². The van der Waals surface area contributed by atoms with Crippen LogP contribution in [0, 0.1) is 0 Å². The number of para-hydroxylation sites is 2. The Morgan fingerprint density at radius 3 is 2.44 bits per heavy atom. The first-order chi connectivity index (χ1) is 12.3. The summed E-state index contributed by atoms with van der Waals surface area (Å²) in [5.74, 6) is 0.0186. The number of rotatable bonds is 7. The van der Waals surface area contributed by atoms with Gasteiger partial charge in [-0.2, -0.15) is 0 Å². The molecule has 138 valence electrons. The fourth-order valence-corrected chi connectivity index (χ4v) is 3.12. The van der Waals surface area contributed by atoms with Gasteiger partial charge in [0.05, 0.1) is 44.3 Å². The fraction of sp³-hybridized carbons (Fsp3) is 0.611. The number of hydrogen-bond acceptors (Lipinski definition) is 6. The molecule has 0 saturated carbocycles. The number of ether oxygens (including phenoxy) is 2. The molecule has 0 aliphatic carbocycles. The number of carbonyl (C=O) groups is 1. The average molecular weight is 348 g/mol. The van der Waals surface area contributed by atoms with Crippen molar-refractivity contribution in [3.63, 3.8) is 0 Å². The summed E-state index contributed by atoms with van der Waals surface area (Å²) in [6, 6.07) is 8.12. The Bertz CT molecular complexity index is 543. The van der Waals surface area contributed by atoms with E-state index in [1.807, 2.05) is 18.2 Å². The van der Waals surface area contributed by atoms with Crippen molar-refractivity contribution in [1.29, 1.82) is 0 Å². The standard InChI is InChI=1S/C18H28N4O3/c23-18(19-5-6-21-7-11-24-12-8-21)15-20-16-3-1-2-4-17(16)22-9-13-25-14-10-22/h1-4,20H,5-15H2,(H,19,23). The normalized spacial score (nSPS) is 18.8. The Labute approximate surface area is 149 Å². The van der Waals surface area contributed by atoms with E-state index in [0.29, 0.717) is 6.54 Å². The molecular weight excluding hydrogens is 320 g/mol. The van der Waals surface area contributed by atoms with E-state index in [2.05, 4.69) is 26.5 Å². The van der Waals surface area contributed by atoms with Crippen molar-refractivity contribution in [3.8, 4) is 0 Å². The molecule has 0 aromatic heterocycles. The van der Waals surface area contributed by atoms with E-state index in [9.17, 15) is 4.79 Å². The van der Waals surface area contributed by atoms with Crippen molar-refractivity contribution in [2.75, 3.05) is 82.5 Å². The van der Waals surface area contributed by atoms with Gasteiger partial charge >= 0.3 is 0 Å². The minimum Gasteiger partial charge on any atom is -0.379 e. The minimum atomic E-state index is 0.0186. The zero-order valence-corrected chi connectivity index (χ0v) is 14.7. The van der Waals surface area contributed by atoms with Gasteiger partial charge in [-0.15, -0.1) is 0 Å². The first kappa shape index (κ1) is 18.0. The molecule has 2 aliphatic rings. The van der Waals surface area contributed by atoms with Crippen LogP contribution in [0.15, 0.2) is 24.3 Å². The number of hydrogen-bond donors (Lipinski definition) is 2. The molecule has 7 heteroatoms. The molecule has 0 spiro atoms. The van der Waals surface area contributed by atoms with Crippen LogP contribution < -0.4 is 15.5 Å². The number of carbonyl (C=O) groups excluding carboxylic acids is 1. The molecule has 25 heavy (non-hydrogen) atoms. The van der Waals surface area contributed by atoms with E-state index in [0.717, 1.165) is 70.5 Å². The van der Waals surface area contributed by atoms with Crippen molar-refractivity contribution >= 4 is 17.3 Å². The molecule has 0 bridgehead atoms. The second-order valence-corrected chi connectivity index (χ2v) is 6.27. The van der Waals surface area contributed by atoms with Gasteiger partial charge in [-0.1, -0.05) is 12.1 Å². The van der Waals surface area contributed by atoms with Gasteiger partial charge in [-0.05, 0) is 12.1 Å². The summed E-state index contributed by atoms with van der Waals surface area (Å²) in [5.41, 5.74) is 2.12. The lowest BCUT2D eigenvalue weighted by Gasteiger charge is -2.30. The lowest BCUT2D eigenvalue weighted by molar-refractivity contribution is -0.119. The molecule has 1 amide bonds. The van der Waals surface area contributed by atoms with Gasteiger partial charge in [-0.3, -0.25) is 9.69 Å². The Morgan fingerprint density at radius 2 is 1.68 bits per heavy atom. The quantitative estimate of drug-likeness (QED) is 0.743. The summed E-state index contributed by atoms with van der Waals surface area (Å²) in [4.78, 5) is 16.7. The highest BCUT2D eigenvalue weighted by atomic mass is 16.5. The SMILES string of the molecule is O=C(CNc1ccccc1N1CCOCC1)NCCN1CCOCC1. The molecule has 0 radical (unpaired) electrons. The van der Waals surface area contributed by atoms with Crippen LogP contribution in [0.5, 0.6) is 0 Å². The molecule has 2 aliphatic heterocycles. The maximum absolute atomic E-state index is 12.1. The molecule has 3 rings (SSSR count). The molecule has 2 N–H and O–H groups in total. The third-order valence-electron chi connectivity index (χ3n) is 4.55. The summed E-state index contributed by atoms with van der Waals surface area (Å²) in [6.45, 7) is 8.54. The molecule has 0 unspecified atom stereocenters. The highest BCUT2D eigenvalue weighted by Crippen LogP contribution is 2.25. The van der Waals surface area contributed by atoms with E-state index in [1.54, 1.807) is 0 Å². The summed E-state index contributed by atoms with van der Waals surface area (Å²) in [7, 11) is 0. The number of morpholine rings is 2. The summed E-state index contributed by atoms with van der Waals surface area (Å²) >= 11 is 0. The second-order valence-electron chi connectivity index (χ2n) is 6.27. The summed E-state index contributed by atoms with van der Waals surface area (Å²) in [6.07, 6.45) is 0. The molecule has 0 atom stereocenters. The number of anilines is 2. The first-order valence-electron chi connectivity index (χ1n) is 9.05. The van der Waals surface area contributed by atoms with E-state index >= 15 is 0 Å². The molecule has 2 saturated heterocycles. The number of amides is 1. The smallest absolute Gasteiger partial charge is 0.239 e. The molecule has 2 fully saturated rings. The minimum absolute atomic E-state index is 0.0186. The van der Waals surface area contributed by atoms with Crippen LogP contribution in [0.2, 0.25) is 0 Å². The molecule has 2 heterocycles. The summed E-state index contributed by atoms with van der Waals surface area (Å²) in [5, 5.41) is 6.25. The molecule has 1 aromatic carbocycles. The highest BCUT2D eigenvalue weighted by Gasteiger charge is 2.15. The maximum atomic E-state index is 12.1. The maximum Gasteiger partial charge on any atom is 0.239 e. The fourth-order valence-electron chi connectivity index (χ4n) is 3.12. The van der Waals surface area contributed by atoms with Crippen LogP contribution in [0.3, 0.4) is 0 Å². The van der Waals surface area contributed by atoms with Gasteiger partial charge in [0.1, 0.15) is 0 Å². The third-order valence-corrected chi connectivity index (χ3v) is 4.55. The first-order valence-corrected chi connectivity index (χ1v) is 9.05. The molecular formula is C18H28N4O3. The van der Waals surface area contributed by atoms with E-state index in [4.69, 9.17) is 9.47 Å². The summed E-state index contributed by atoms with van der Waals surface area (Å²) < 4.78 is 10.7. The van der Waals surface area contributed by atoms with Gasteiger partial charge in [0.15, 0.2) is 0 Å². The Morgan fingerprint density at radius 1 is 1.00 bits per heavy atom. The topological polar surface area (TPSA) is 66.1 Å². The van der Waals surface area contributed by atoms with Crippen molar-refractivity contribution in [3.05, 3.63) is 24.3 Å². The largest absolute Gasteiger partial charge is 0.379 e. The Kier molecular flexibility index (Phi) is 6.90. The average Bonchev–Trinajstić information content (AvgIpc) is 2.68. The lowest BCUT2D eigenvalue weighted by Crippen LogP contribution is -2.42. The van der Waals surface area contributed by atoms with E-state index in [-0.39, 0.29) is 12.5 Å². The number of nitrogens with zero attached hydrogens (tertiary/aromatic N) is 2. The lowest BCUT2D eigenvalue weighted by atomic mass is 10.2. The zero-order valence-electron chi connectivity index (χ0n) is 14.7. The second kappa shape index (κ2) is 9.60. The van der Waals surface area contributed by atoms with Crippen molar-refractivity contribution in [2.45, 2.75) is 0 Å². The predicted molar refractivity (Wildman–Crippen MR) is 98.2 cm³/mol. The van der Waals surface area contributed by atoms with Crippen molar-refractivity contribution in [1.82, 2.24) is 10.2 Å².